The molecule has 0 aliphatic carbocycles. The van der Waals surface area contributed by atoms with Crippen LogP contribution in [0, 0.1) is 0 Å². The van der Waals surface area contributed by atoms with Crippen LogP contribution < -0.4 is 9.47 Å². The zero-order valence-electron chi connectivity index (χ0n) is 16.7. The second-order valence-electron chi connectivity index (χ2n) is 5.94. The van der Waals surface area contributed by atoms with E-state index >= 15 is 0 Å². The maximum Gasteiger partial charge on any atom is 0.508 e. The third-order valence-corrected chi connectivity index (χ3v) is 5.84. The van der Waals surface area contributed by atoms with E-state index in [0.29, 0.717) is 28.3 Å². The van der Waals surface area contributed by atoms with Gasteiger partial charge in [-0.3, -0.25) is 4.79 Å². The van der Waals surface area contributed by atoms with Gasteiger partial charge in [-0.05, 0) is 56.1 Å². The van der Waals surface area contributed by atoms with E-state index in [9.17, 15) is 9.59 Å². The Morgan fingerprint density at radius 3 is 2.47 bits per heavy atom. The average molecular weight is 546 g/mol. The zero-order chi connectivity index (χ0) is 22.1. The van der Waals surface area contributed by atoms with Gasteiger partial charge in [-0.2, -0.15) is 0 Å². The number of hydrogen-bond donors (Lipinski definition) is 1. The van der Waals surface area contributed by atoms with Crippen molar-refractivity contribution in [1.29, 1.82) is 0 Å². The van der Waals surface area contributed by atoms with E-state index in [4.69, 9.17) is 14.2 Å². The minimum atomic E-state index is -0.767. The van der Waals surface area contributed by atoms with Gasteiger partial charge in [0.25, 0.3) is 5.91 Å². The first-order valence-corrected chi connectivity index (χ1v) is 10.4. The van der Waals surface area contributed by atoms with Crippen LogP contribution in [0.1, 0.15) is 16.1 Å². The quantitative estimate of drug-likeness (QED) is 0.367. The summed E-state index contributed by atoms with van der Waals surface area (Å²) in [5.74, 6) is 1.06. The van der Waals surface area contributed by atoms with Crippen molar-refractivity contribution in [3.63, 3.8) is 0 Å². The Hall–Kier alpha value is -2.46. The Morgan fingerprint density at radius 1 is 1.10 bits per heavy atom. The Kier molecular flexibility index (Phi) is 9.25. The van der Waals surface area contributed by atoms with Crippen LogP contribution in [-0.4, -0.2) is 56.4 Å². The number of methoxy groups -OCH3 is 3. The van der Waals surface area contributed by atoms with Gasteiger partial charge < -0.3 is 28.8 Å². The Bertz CT molecular complexity index is 893. The molecular weight excluding hydrogens is 524 g/mol. The second kappa shape index (κ2) is 11.7. The third kappa shape index (κ3) is 6.53. The van der Waals surface area contributed by atoms with Gasteiger partial charge in [-0.25, -0.2) is 4.79 Å². The smallest absolute Gasteiger partial charge is 0.497 e. The van der Waals surface area contributed by atoms with E-state index in [1.807, 2.05) is 12.1 Å². The van der Waals surface area contributed by atoms with Gasteiger partial charge in [0, 0.05) is 18.2 Å². The molecule has 30 heavy (non-hydrogen) atoms. The van der Waals surface area contributed by atoms with Crippen molar-refractivity contribution < 1.29 is 28.5 Å². The lowest BCUT2D eigenvalue weighted by atomic mass is 10.1. The lowest BCUT2D eigenvalue weighted by Crippen LogP contribution is -2.31. The molecule has 2 aromatic rings. The summed E-state index contributed by atoms with van der Waals surface area (Å²) >= 11 is 6.73. The number of nitrogens with one attached hydrogen (secondary N) is 1. The number of ether oxygens (including phenoxy) is 4. The van der Waals surface area contributed by atoms with Crippen molar-refractivity contribution >= 4 is 43.9 Å². The molecule has 1 heterocycles. The van der Waals surface area contributed by atoms with Gasteiger partial charge in [0.1, 0.15) is 23.8 Å². The van der Waals surface area contributed by atoms with Crippen molar-refractivity contribution in [2.24, 2.45) is 0 Å². The molecule has 2 rings (SSSR count). The van der Waals surface area contributed by atoms with Crippen LogP contribution in [0.5, 0.6) is 11.5 Å². The number of benzene rings is 1. The number of amides is 1. The van der Waals surface area contributed by atoms with Crippen LogP contribution in [0.25, 0.3) is 0 Å². The molecule has 0 unspecified atom stereocenters. The molecule has 1 N–H and O–H groups in total. The maximum atomic E-state index is 13.1. The third-order valence-electron chi connectivity index (χ3n) is 4.05. The highest BCUT2D eigenvalue weighted by Gasteiger charge is 2.20. The van der Waals surface area contributed by atoms with Crippen molar-refractivity contribution in [2.75, 3.05) is 34.5 Å². The molecule has 8 nitrogen and oxygen atoms in total. The number of nitrogens with zero attached hydrogens (tertiary/aromatic N) is 1. The topological polar surface area (TPSA) is 90.1 Å². The van der Waals surface area contributed by atoms with Gasteiger partial charge in [0.05, 0.1) is 37.0 Å². The van der Waals surface area contributed by atoms with Gasteiger partial charge in [0.15, 0.2) is 0 Å². The number of aromatic nitrogens is 1. The summed E-state index contributed by atoms with van der Waals surface area (Å²) in [6.07, 6.45) is 2.61. The molecule has 1 amide bonds. The molecule has 10 heteroatoms. The molecule has 0 radical (unpaired) electrons. The number of rotatable bonds is 9. The largest absolute Gasteiger partial charge is 0.508 e. The highest BCUT2D eigenvalue weighted by molar-refractivity contribution is 9.13. The number of hydrogen-bond acceptors (Lipinski definition) is 6. The van der Waals surface area contributed by atoms with Gasteiger partial charge in [-0.1, -0.05) is 6.08 Å². The normalized spacial score (nSPS) is 10.7. The molecule has 0 aliphatic rings. The fraction of sp³-hybridized carbons (Fsp3) is 0.300. The summed E-state index contributed by atoms with van der Waals surface area (Å²) in [5.41, 5.74) is 1.23. The fourth-order valence-electron chi connectivity index (χ4n) is 2.54. The predicted molar refractivity (Wildman–Crippen MR) is 118 cm³/mol. The van der Waals surface area contributed by atoms with Crippen LogP contribution >= 0.6 is 31.9 Å². The SMILES string of the molecule is COC(=O)OC/C=C/CN(Cc1ccc(OC)cc1OC)C(=O)c1cc(Br)c(Br)[nH]1. The number of aromatic amines is 1. The number of carbonyl (C=O) groups excluding carboxylic acids is 2. The Balaban J connectivity index is 2.21. The van der Waals surface area contributed by atoms with E-state index in [0.717, 1.165) is 10.0 Å². The molecule has 0 spiro atoms. The number of halogens is 2. The first-order chi connectivity index (χ1) is 14.4. The Morgan fingerprint density at radius 2 is 1.87 bits per heavy atom. The van der Waals surface area contributed by atoms with E-state index in [-0.39, 0.29) is 19.1 Å². The van der Waals surface area contributed by atoms with E-state index < -0.39 is 6.16 Å². The van der Waals surface area contributed by atoms with Crippen molar-refractivity contribution in [1.82, 2.24) is 9.88 Å². The summed E-state index contributed by atoms with van der Waals surface area (Å²) in [5, 5.41) is 0. The van der Waals surface area contributed by atoms with Crippen molar-refractivity contribution in [3.05, 3.63) is 56.8 Å². The predicted octanol–water partition coefficient (Wildman–Crippen LogP) is 4.54. The molecule has 0 aliphatic heterocycles. The molecule has 0 bridgehead atoms. The molecule has 0 saturated carbocycles. The molecule has 1 aromatic heterocycles. The van der Waals surface area contributed by atoms with Crippen molar-refractivity contribution in [2.45, 2.75) is 6.54 Å². The second-order valence-corrected chi connectivity index (χ2v) is 7.59. The van der Waals surface area contributed by atoms with Gasteiger partial charge in [0.2, 0.25) is 0 Å². The van der Waals surface area contributed by atoms with Gasteiger partial charge >= 0.3 is 6.16 Å². The standard InChI is InChI=1S/C20H22Br2N2O6/c1-27-14-7-6-13(17(10-14)28-2)12-24(8-4-5-9-30-20(26)29-3)19(25)16-11-15(21)18(22)23-16/h4-7,10-11,23H,8-9,12H2,1-3H3/b5-4+. The van der Waals surface area contributed by atoms with E-state index in [2.05, 4.69) is 41.6 Å². The van der Waals surface area contributed by atoms with Crippen LogP contribution in [0.4, 0.5) is 4.79 Å². The Labute approximate surface area is 191 Å². The fourth-order valence-corrected chi connectivity index (χ4v) is 3.20. The number of H-pyrrole nitrogens is 1. The maximum absolute atomic E-state index is 13.1. The number of carbonyl (C=O) groups is 2. The lowest BCUT2D eigenvalue weighted by molar-refractivity contribution is 0.0750. The molecule has 0 atom stereocenters. The molecule has 0 fully saturated rings. The van der Waals surface area contributed by atoms with E-state index in [1.165, 1.54) is 7.11 Å². The average Bonchev–Trinajstić information content (AvgIpc) is 3.10. The van der Waals surface area contributed by atoms with Crippen LogP contribution in [0.15, 0.2) is 45.5 Å². The first kappa shape index (κ1) is 23.8. The summed E-state index contributed by atoms with van der Waals surface area (Å²) in [6, 6.07) is 7.12. The summed E-state index contributed by atoms with van der Waals surface area (Å²) in [4.78, 5) is 28.8. The molecule has 1 aromatic carbocycles. The zero-order valence-corrected chi connectivity index (χ0v) is 19.9. The lowest BCUT2D eigenvalue weighted by Gasteiger charge is -2.22. The molecule has 0 saturated heterocycles. The monoisotopic (exact) mass is 544 g/mol. The molecule has 162 valence electrons. The first-order valence-electron chi connectivity index (χ1n) is 8.79. The summed E-state index contributed by atoms with van der Waals surface area (Å²) in [7, 11) is 4.38. The van der Waals surface area contributed by atoms with Crippen LogP contribution in [0.3, 0.4) is 0 Å². The minimum Gasteiger partial charge on any atom is -0.497 e. The summed E-state index contributed by atoms with van der Waals surface area (Å²) in [6.45, 7) is 0.620. The minimum absolute atomic E-state index is 0.0418. The highest BCUT2D eigenvalue weighted by Crippen LogP contribution is 2.27. The highest BCUT2D eigenvalue weighted by atomic mass is 79.9. The van der Waals surface area contributed by atoms with Crippen molar-refractivity contribution in [3.8, 4) is 11.5 Å². The summed E-state index contributed by atoms with van der Waals surface area (Å²) < 4.78 is 21.3. The van der Waals surface area contributed by atoms with Gasteiger partial charge in [-0.15, -0.1) is 0 Å². The van der Waals surface area contributed by atoms with Crippen LogP contribution in [-0.2, 0) is 16.0 Å². The molecular formula is C20H22Br2N2O6. The van der Waals surface area contributed by atoms with Crippen LogP contribution in [0.2, 0.25) is 0 Å². The van der Waals surface area contributed by atoms with E-state index in [1.54, 1.807) is 43.4 Å².